The minimum absolute atomic E-state index is 0.0457. The van der Waals surface area contributed by atoms with Gasteiger partial charge in [0.25, 0.3) is 5.56 Å². The average molecular weight is 1020 g/mol. The number of fused-ring (bicyclic) bond motifs is 1. The van der Waals surface area contributed by atoms with E-state index in [1.807, 2.05) is 60.7 Å². The highest BCUT2D eigenvalue weighted by molar-refractivity contribution is 5.97. The van der Waals surface area contributed by atoms with Crippen molar-refractivity contribution >= 4 is 41.5 Å². The number of ether oxygens (including phenoxy) is 3. The number of aliphatic carboxylic acids is 1. The zero-order chi connectivity index (χ0) is 54.2. The van der Waals surface area contributed by atoms with Crippen LogP contribution in [0.4, 0.5) is 4.39 Å². The van der Waals surface area contributed by atoms with Crippen molar-refractivity contribution in [3.63, 3.8) is 0 Å². The number of hydrogen-bond acceptors (Lipinski definition) is 12. The van der Waals surface area contributed by atoms with E-state index in [-0.39, 0.29) is 36.6 Å². The summed E-state index contributed by atoms with van der Waals surface area (Å²) in [7, 11) is 0. The zero-order valence-electron chi connectivity index (χ0n) is 42.8. The molecule has 74 heavy (non-hydrogen) atoms. The number of aromatic amines is 1. The van der Waals surface area contributed by atoms with Crippen LogP contribution in [0.5, 0.6) is 5.75 Å². The lowest BCUT2D eigenvalue weighted by molar-refractivity contribution is -0.158. The average Bonchev–Trinajstić information content (AvgIpc) is 3.62. The van der Waals surface area contributed by atoms with Crippen molar-refractivity contribution in [2.24, 2.45) is 0 Å². The highest BCUT2D eigenvalue weighted by atomic mass is 19.1. The van der Waals surface area contributed by atoms with Crippen molar-refractivity contribution in [3.8, 4) is 22.8 Å². The normalized spacial score (nSPS) is 12.7. The molecule has 0 aliphatic carbocycles. The van der Waals surface area contributed by atoms with Crippen molar-refractivity contribution in [2.75, 3.05) is 13.2 Å². The van der Waals surface area contributed by atoms with Crippen LogP contribution in [-0.4, -0.2) is 104 Å². The Morgan fingerprint density at radius 1 is 0.703 bits per heavy atom. The van der Waals surface area contributed by atoms with Crippen molar-refractivity contribution in [3.05, 3.63) is 124 Å². The molecule has 0 saturated carbocycles. The number of halogens is 1. The predicted molar refractivity (Wildman–Crippen MR) is 271 cm³/mol. The Labute approximate surface area is 428 Å². The van der Waals surface area contributed by atoms with Crippen LogP contribution in [-0.2, 0) is 55.9 Å². The molecular weight excluding hydrogens is 958 g/mol. The van der Waals surface area contributed by atoms with E-state index in [0.29, 0.717) is 43.5 Å². The first-order chi connectivity index (χ1) is 34.9. The largest absolute Gasteiger partial charge is 0.491 e. The van der Waals surface area contributed by atoms with Gasteiger partial charge in [0.05, 0.1) is 37.3 Å². The van der Waals surface area contributed by atoms with Crippen LogP contribution in [0, 0.1) is 5.82 Å². The number of H-pyrrole nitrogens is 1. The van der Waals surface area contributed by atoms with E-state index in [0.717, 1.165) is 29.4 Å². The van der Waals surface area contributed by atoms with Crippen LogP contribution in [0.1, 0.15) is 116 Å². The Morgan fingerprint density at radius 2 is 1.27 bits per heavy atom. The van der Waals surface area contributed by atoms with E-state index in [1.165, 1.54) is 16.7 Å². The molecule has 0 unspecified atom stereocenters. The van der Waals surface area contributed by atoms with Gasteiger partial charge in [-0.3, -0.25) is 42.9 Å². The minimum Gasteiger partial charge on any atom is -0.491 e. The summed E-state index contributed by atoms with van der Waals surface area (Å²) in [6, 6.07) is 19.2. The fourth-order valence-corrected chi connectivity index (χ4v) is 7.73. The topological polar surface area (TPSA) is 266 Å². The van der Waals surface area contributed by atoms with Crippen LogP contribution in [0.3, 0.4) is 0 Å². The number of nitrogens with zero attached hydrogens (tertiary/aromatic N) is 2. The molecule has 0 spiro atoms. The van der Waals surface area contributed by atoms with Crippen molar-refractivity contribution in [2.45, 2.75) is 136 Å². The summed E-state index contributed by atoms with van der Waals surface area (Å²) in [5, 5.41) is 18.9. The van der Waals surface area contributed by atoms with Gasteiger partial charge in [0, 0.05) is 32.5 Å². The van der Waals surface area contributed by atoms with Crippen molar-refractivity contribution in [1.82, 2.24) is 35.8 Å². The zero-order valence-corrected chi connectivity index (χ0v) is 42.8. The van der Waals surface area contributed by atoms with E-state index in [9.17, 15) is 43.5 Å². The number of carboxylic acids is 1. The molecule has 0 saturated heterocycles. The number of imidazole rings is 1. The van der Waals surface area contributed by atoms with E-state index in [2.05, 4.69) is 26.3 Å². The second-order valence-electron chi connectivity index (χ2n) is 19.8. The molecule has 5 rings (SSSR count). The second-order valence-corrected chi connectivity index (χ2v) is 19.8. The second kappa shape index (κ2) is 26.2. The molecule has 0 aromatic heterocycles. The van der Waals surface area contributed by atoms with Crippen LogP contribution >= 0.6 is 0 Å². The Kier molecular flexibility index (Phi) is 20.2. The molecule has 3 aromatic rings. The number of amides is 4. The first kappa shape index (κ1) is 57.0. The number of hydrogen-bond donors (Lipinski definition) is 6. The lowest BCUT2D eigenvalue weighted by atomic mass is 10.1. The molecule has 3 aromatic carbocycles. The standard InChI is InChI=1S/C54H66FN7O12/c1-33(63)57-39(29-45(64)65)50(69)61-41(31-47(67)74-54(5,6)7)51(70)60-40(30-46(66)73-53(2,3)4)49(68)56-24-16-8-9-17-25-72-44-23-22-35(26-37(44)55)28-42-52(71)62-32-43(36-20-14-11-15-21-36)58-38(48(62)59-42)27-34-18-12-10-13-19-34/h10-15,18-23,26,32,39-41,58H,8-9,16-17,24-25,27-31H2,1-7H3,(H,56,68)(H,57,63)(H,60,70)(H,61,69)(H,64,65)/t39-,40-,41-/m0/s1. The third-order valence-corrected chi connectivity index (χ3v) is 11.0. The van der Waals surface area contributed by atoms with Crippen LogP contribution in [0.25, 0.3) is 17.1 Å². The van der Waals surface area contributed by atoms with Gasteiger partial charge < -0.3 is 45.6 Å². The molecule has 2 aliphatic rings. The number of benzene rings is 3. The number of carbonyl (C=O) groups excluding carboxylic acids is 6. The van der Waals surface area contributed by atoms with E-state index in [4.69, 9.17) is 19.2 Å². The van der Waals surface area contributed by atoms with Gasteiger partial charge >= 0.3 is 17.9 Å². The van der Waals surface area contributed by atoms with Gasteiger partial charge in [-0.05, 0) is 83.2 Å². The number of carbonyl (C=O) groups is 7. The quantitative estimate of drug-likeness (QED) is 0.0314. The van der Waals surface area contributed by atoms with Gasteiger partial charge in [-0.25, -0.2) is 9.37 Å². The summed E-state index contributed by atoms with van der Waals surface area (Å²) < 4.78 is 33.4. The number of rotatable bonds is 25. The Morgan fingerprint density at radius 3 is 1.84 bits per heavy atom. The maximum atomic E-state index is 15.4. The first-order valence-electron chi connectivity index (χ1n) is 24.4. The number of esters is 2. The fraction of sp³-hybridized carbons (Fsp3) is 0.426. The molecule has 4 amide bonds. The van der Waals surface area contributed by atoms with E-state index < -0.39 is 95.9 Å². The molecule has 6 N–H and O–H groups in total. The predicted octanol–water partition coefficient (Wildman–Crippen LogP) is 5.45. The molecule has 0 fully saturated rings. The van der Waals surface area contributed by atoms with Gasteiger partial charge in [-0.15, -0.1) is 0 Å². The Balaban J connectivity index is 1.15. The van der Waals surface area contributed by atoms with Gasteiger partial charge in [-0.2, -0.15) is 0 Å². The molecular formula is C54H66FN7O12. The van der Waals surface area contributed by atoms with Gasteiger partial charge in [0.15, 0.2) is 17.4 Å². The Bertz CT molecular complexity index is 2770. The molecule has 396 valence electrons. The molecule has 2 aliphatic heterocycles. The molecule has 0 radical (unpaired) electrons. The number of nitrogens with one attached hydrogen (secondary N) is 5. The third kappa shape index (κ3) is 18.3. The Hall–Kier alpha value is -7.90. The van der Waals surface area contributed by atoms with E-state index >= 15 is 4.39 Å². The van der Waals surface area contributed by atoms with Crippen LogP contribution < -0.4 is 31.6 Å². The molecule has 2 heterocycles. The van der Waals surface area contributed by atoms with Crippen LogP contribution in [0.15, 0.2) is 89.9 Å². The molecule has 19 nitrogen and oxygen atoms in total. The van der Waals surface area contributed by atoms with E-state index in [1.54, 1.807) is 53.8 Å². The van der Waals surface area contributed by atoms with Crippen LogP contribution in [0.2, 0.25) is 0 Å². The maximum Gasteiger partial charge on any atom is 0.308 e. The fourth-order valence-electron chi connectivity index (χ4n) is 7.73. The highest BCUT2D eigenvalue weighted by Crippen LogP contribution is 2.25. The monoisotopic (exact) mass is 1020 g/mol. The summed E-state index contributed by atoms with van der Waals surface area (Å²) in [6.07, 6.45) is 2.37. The lowest BCUT2D eigenvalue weighted by Gasteiger charge is -2.26. The molecule has 20 heteroatoms. The summed E-state index contributed by atoms with van der Waals surface area (Å²) in [6.45, 7) is 11.0. The van der Waals surface area contributed by atoms with Crippen molar-refractivity contribution < 1.29 is 57.3 Å². The number of carboxylic acid groups (broad SMARTS) is 1. The summed E-state index contributed by atoms with van der Waals surface area (Å²) in [5.74, 6) is -6.93. The summed E-state index contributed by atoms with van der Waals surface area (Å²) in [4.78, 5) is 111. The number of aromatic nitrogens is 3. The highest BCUT2D eigenvalue weighted by Gasteiger charge is 2.34. The van der Waals surface area contributed by atoms with Gasteiger partial charge in [0.1, 0.15) is 35.0 Å². The smallest absolute Gasteiger partial charge is 0.308 e. The SMILES string of the molecule is CC(=O)N[C@@H](CC(=O)O)C(=O)N[C@@H](CC(=O)OC(C)(C)C)C(=O)N[C@@H](CC(=O)OC(C)(C)C)C(=O)NCCCCCCOc1ccc(Cc2nc3c(Cc4ccccc4)[nH]c(-c4ccccc4)cn-3c2=O)cc1F. The summed E-state index contributed by atoms with van der Waals surface area (Å²) in [5.41, 5.74) is 2.03. The minimum atomic E-state index is -1.73. The van der Waals surface area contributed by atoms with Gasteiger partial charge in [0.2, 0.25) is 23.6 Å². The maximum absolute atomic E-state index is 15.4. The van der Waals surface area contributed by atoms with Crippen molar-refractivity contribution in [1.29, 1.82) is 0 Å². The summed E-state index contributed by atoms with van der Waals surface area (Å²) >= 11 is 0. The number of unbranched alkanes of at least 4 members (excludes halogenated alkanes) is 3. The lowest BCUT2D eigenvalue weighted by Crippen LogP contribution is -2.58. The molecule has 0 bridgehead atoms. The third-order valence-electron chi connectivity index (χ3n) is 11.0. The van der Waals surface area contributed by atoms with Gasteiger partial charge in [-0.1, -0.05) is 79.6 Å². The first-order valence-corrected chi connectivity index (χ1v) is 24.4. The molecule has 3 atom stereocenters.